The lowest BCUT2D eigenvalue weighted by Gasteiger charge is -2.04. The van der Waals surface area contributed by atoms with E-state index in [9.17, 15) is 0 Å². The van der Waals surface area contributed by atoms with Gasteiger partial charge in [-0.15, -0.1) is 12.4 Å². The number of nitrogens with two attached hydrogens (primary N) is 1. The largest absolute Gasteiger partial charge is 0.377 e. The summed E-state index contributed by atoms with van der Waals surface area (Å²) in [6.07, 6.45) is 1.32. The van der Waals surface area contributed by atoms with Crippen LogP contribution in [0.1, 0.15) is 13.3 Å². The van der Waals surface area contributed by atoms with Crippen LogP contribution in [-0.4, -0.2) is 18.8 Å². The van der Waals surface area contributed by atoms with Crippen LogP contribution in [0.2, 0.25) is 0 Å². The van der Waals surface area contributed by atoms with Crippen LogP contribution >= 0.6 is 12.4 Å². The third kappa shape index (κ3) is 1.62. The summed E-state index contributed by atoms with van der Waals surface area (Å²) >= 11 is 0. The van der Waals surface area contributed by atoms with Crippen LogP contribution in [0.15, 0.2) is 0 Å². The van der Waals surface area contributed by atoms with Crippen molar-refractivity contribution in [2.24, 2.45) is 5.73 Å². The molecule has 1 heterocycles. The smallest absolute Gasteiger partial charge is 0.0698 e. The molecule has 0 amide bonds. The van der Waals surface area contributed by atoms with Gasteiger partial charge in [0.1, 0.15) is 0 Å². The molecular formula is C5H12ClNO. The van der Waals surface area contributed by atoms with Crippen molar-refractivity contribution in [1.82, 2.24) is 0 Å². The Morgan fingerprint density at radius 3 is 2.38 bits per heavy atom. The predicted octanol–water partition coefficient (Wildman–Crippen LogP) is 0.544. The van der Waals surface area contributed by atoms with E-state index in [0.717, 1.165) is 13.0 Å². The fourth-order valence-corrected chi connectivity index (χ4v) is 0.748. The topological polar surface area (TPSA) is 35.2 Å². The second kappa shape index (κ2) is 3.28. The lowest BCUT2D eigenvalue weighted by molar-refractivity contribution is 0.119. The molecule has 0 aliphatic carbocycles. The zero-order valence-electron chi connectivity index (χ0n) is 4.96. The summed E-state index contributed by atoms with van der Waals surface area (Å²) in [4.78, 5) is 0. The molecule has 1 aliphatic rings. The summed E-state index contributed by atoms with van der Waals surface area (Å²) in [6.45, 7) is 2.86. The van der Waals surface area contributed by atoms with Crippen molar-refractivity contribution in [3.63, 3.8) is 0 Å². The summed E-state index contributed by atoms with van der Waals surface area (Å²) < 4.78 is 5.14. The van der Waals surface area contributed by atoms with Crippen LogP contribution in [0, 0.1) is 0 Å². The van der Waals surface area contributed by atoms with Gasteiger partial charge >= 0.3 is 0 Å². The van der Waals surface area contributed by atoms with Gasteiger partial charge in [0.05, 0.1) is 6.10 Å². The second-order valence-electron chi connectivity index (χ2n) is 2.03. The lowest BCUT2D eigenvalue weighted by Crippen LogP contribution is -2.26. The highest BCUT2D eigenvalue weighted by Crippen LogP contribution is 2.08. The van der Waals surface area contributed by atoms with Crippen LogP contribution in [0.3, 0.4) is 0 Å². The van der Waals surface area contributed by atoms with Gasteiger partial charge in [-0.2, -0.15) is 0 Å². The molecule has 0 bridgehead atoms. The Hall–Kier alpha value is 0.210. The summed E-state index contributed by atoms with van der Waals surface area (Å²) in [6, 6.07) is 0.292. The summed E-state index contributed by atoms with van der Waals surface area (Å²) in [5, 5.41) is 0. The first-order valence-electron chi connectivity index (χ1n) is 2.68. The number of hydrogen-bond acceptors (Lipinski definition) is 2. The highest BCUT2D eigenvalue weighted by Gasteiger charge is 2.18. The highest BCUT2D eigenvalue weighted by atomic mass is 35.5. The SMILES string of the molecule is CC1OCCC1N.Cl. The van der Waals surface area contributed by atoms with Gasteiger partial charge in [-0.25, -0.2) is 0 Å². The molecule has 50 valence electrons. The van der Waals surface area contributed by atoms with Gasteiger partial charge in [-0.05, 0) is 13.3 Å². The molecule has 2 nitrogen and oxygen atoms in total. The minimum Gasteiger partial charge on any atom is -0.377 e. The van der Waals surface area contributed by atoms with Crippen LogP contribution in [-0.2, 0) is 4.74 Å². The lowest BCUT2D eigenvalue weighted by atomic mass is 10.2. The maximum atomic E-state index is 5.55. The summed E-state index contributed by atoms with van der Waals surface area (Å²) in [5.74, 6) is 0. The van der Waals surface area contributed by atoms with E-state index >= 15 is 0 Å². The first kappa shape index (κ1) is 8.21. The zero-order chi connectivity index (χ0) is 5.28. The van der Waals surface area contributed by atoms with Gasteiger partial charge in [0, 0.05) is 12.6 Å². The Balaban J connectivity index is 0.000000490. The van der Waals surface area contributed by atoms with E-state index < -0.39 is 0 Å². The number of hydrogen-bond donors (Lipinski definition) is 1. The predicted molar refractivity (Wildman–Crippen MR) is 35.3 cm³/mol. The van der Waals surface area contributed by atoms with E-state index in [1.807, 2.05) is 6.92 Å². The molecule has 0 aromatic rings. The molecule has 2 atom stereocenters. The summed E-state index contributed by atoms with van der Waals surface area (Å²) in [5.41, 5.74) is 5.55. The average molecular weight is 138 g/mol. The normalized spacial score (nSPS) is 36.8. The Morgan fingerprint density at radius 1 is 1.62 bits per heavy atom. The summed E-state index contributed by atoms with van der Waals surface area (Å²) in [7, 11) is 0. The fraction of sp³-hybridized carbons (Fsp3) is 1.00. The van der Waals surface area contributed by atoms with Gasteiger partial charge in [0.25, 0.3) is 0 Å². The highest BCUT2D eigenvalue weighted by molar-refractivity contribution is 5.85. The van der Waals surface area contributed by atoms with E-state index in [2.05, 4.69) is 0 Å². The third-order valence-corrected chi connectivity index (χ3v) is 1.43. The van der Waals surface area contributed by atoms with Crippen molar-refractivity contribution < 1.29 is 4.74 Å². The maximum Gasteiger partial charge on any atom is 0.0698 e. The fourth-order valence-electron chi connectivity index (χ4n) is 0.748. The minimum atomic E-state index is 0. The van der Waals surface area contributed by atoms with E-state index in [-0.39, 0.29) is 12.4 Å². The van der Waals surface area contributed by atoms with Gasteiger partial charge in [0.15, 0.2) is 0 Å². The van der Waals surface area contributed by atoms with Gasteiger partial charge in [-0.1, -0.05) is 0 Å². The van der Waals surface area contributed by atoms with Crippen molar-refractivity contribution >= 4 is 12.4 Å². The molecule has 0 spiro atoms. The van der Waals surface area contributed by atoms with Crippen LogP contribution in [0.5, 0.6) is 0 Å². The molecule has 1 aliphatic heterocycles. The Kier molecular flexibility index (Phi) is 3.36. The van der Waals surface area contributed by atoms with Gasteiger partial charge < -0.3 is 10.5 Å². The Labute approximate surface area is 55.8 Å². The maximum absolute atomic E-state index is 5.55. The molecule has 3 heteroatoms. The second-order valence-corrected chi connectivity index (χ2v) is 2.03. The molecular weight excluding hydrogens is 126 g/mol. The minimum absolute atomic E-state index is 0. The molecule has 0 radical (unpaired) electrons. The Bertz CT molecular complexity index is 61.4. The van der Waals surface area contributed by atoms with Crippen LogP contribution in [0.4, 0.5) is 0 Å². The van der Waals surface area contributed by atoms with Gasteiger partial charge in [0.2, 0.25) is 0 Å². The molecule has 1 fully saturated rings. The van der Waals surface area contributed by atoms with Crippen molar-refractivity contribution in [3.05, 3.63) is 0 Å². The van der Waals surface area contributed by atoms with E-state index in [1.165, 1.54) is 0 Å². The molecule has 2 N–H and O–H groups in total. The van der Waals surface area contributed by atoms with Crippen molar-refractivity contribution in [3.8, 4) is 0 Å². The number of rotatable bonds is 0. The molecule has 1 rings (SSSR count). The third-order valence-electron chi connectivity index (χ3n) is 1.43. The average Bonchev–Trinajstić information content (AvgIpc) is 1.91. The van der Waals surface area contributed by atoms with E-state index in [1.54, 1.807) is 0 Å². The molecule has 1 saturated heterocycles. The number of halogens is 1. The van der Waals surface area contributed by atoms with Crippen LogP contribution in [0.25, 0.3) is 0 Å². The van der Waals surface area contributed by atoms with Crippen molar-refractivity contribution in [2.45, 2.75) is 25.5 Å². The van der Waals surface area contributed by atoms with Crippen molar-refractivity contribution in [2.75, 3.05) is 6.61 Å². The molecule has 2 unspecified atom stereocenters. The van der Waals surface area contributed by atoms with Crippen LogP contribution < -0.4 is 5.73 Å². The monoisotopic (exact) mass is 137 g/mol. The quantitative estimate of drug-likeness (QED) is 0.529. The number of ether oxygens (including phenoxy) is 1. The van der Waals surface area contributed by atoms with Crippen molar-refractivity contribution in [1.29, 1.82) is 0 Å². The first-order chi connectivity index (χ1) is 3.30. The molecule has 8 heavy (non-hydrogen) atoms. The first-order valence-corrected chi connectivity index (χ1v) is 2.68. The zero-order valence-corrected chi connectivity index (χ0v) is 5.78. The standard InChI is InChI=1S/C5H11NO.ClH/c1-4-5(6)2-3-7-4;/h4-5H,2-3,6H2,1H3;1H. The molecule has 0 aromatic carbocycles. The Morgan fingerprint density at radius 2 is 2.25 bits per heavy atom. The van der Waals surface area contributed by atoms with E-state index in [4.69, 9.17) is 10.5 Å². The van der Waals surface area contributed by atoms with E-state index in [0.29, 0.717) is 12.1 Å². The molecule has 0 aromatic heterocycles. The molecule has 0 saturated carbocycles. The van der Waals surface area contributed by atoms with Gasteiger partial charge in [-0.3, -0.25) is 0 Å².